The first-order valence-electron chi connectivity index (χ1n) is 5.83. The summed E-state index contributed by atoms with van der Waals surface area (Å²) in [7, 11) is 0. The van der Waals surface area contributed by atoms with E-state index in [0.717, 1.165) is 6.42 Å². The Kier molecular flexibility index (Phi) is 3.33. The Morgan fingerprint density at radius 1 is 1.61 bits per heavy atom. The molecule has 18 heavy (non-hydrogen) atoms. The zero-order valence-electron chi connectivity index (χ0n) is 10.0. The molecule has 0 aliphatic carbocycles. The lowest BCUT2D eigenvalue weighted by molar-refractivity contribution is -0.402. The number of nitrogens with zero attached hydrogens (tertiary/aromatic N) is 2. The van der Waals surface area contributed by atoms with Crippen LogP contribution in [0.4, 0.5) is 5.88 Å². The summed E-state index contributed by atoms with van der Waals surface area (Å²) in [6.45, 7) is 2.53. The van der Waals surface area contributed by atoms with Crippen molar-refractivity contribution in [3.63, 3.8) is 0 Å². The molecule has 2 rings (SSSR count). The zero-order chi connectivity index (χ0) is 13.3. The maximum absolute atomic E-state index is 11.8. The summed E-state index contributed by atoms with van der Waals surface area (Å²) in [5.41, 5.74) is 5.92. The fraction of sp³-hybridized carbons (Fsp3) is 0.545. The van der Waals surface area contributed by atoms with Crippen LogP contribution in [0.15, 0.2) is 16.5 Å². The predicted molar refractivity (Wildman–Crippen MR) is 62.7 cm³/mol. The van der Waals surface area contributed by atoms with Gasteiger partial charge in [-0.2, -0.15) is 0 Å². The maximum atomic E-state index is 11.8. The average Bonchev–Trinajstić information content (AvgIpc) is 2.86. The lowest BCUT2D eigenvalue weighted by Gasteiger charge is -2.24. The van der Waals surface area contributed by atoms with Gasteiger partial charge in [0.2, 0.25) is 5.91 Å². The number of nitro groups is 1. The van der Waals surface area contributed by atoms with E-state index in [1.54, 1.807) is 4.90 Å². The molecule has 2 heterocycles. The van der Waals surface area contributed by atoms with E-state index in [-0.39, 0.29) is 24.3 Å². The predicted octanol–water partition coefficient (Wildman–Crippen LogP) is 1.20. The molecule has 1 saturated heterocycles. The summed E-state index contributed by atoms with van der Waals surface area (Å²) >= 11 is 0. The zero-order valence-corrected chi connectivity index (χ0v) is 10.0. The van der Waals surface area contributed by atoms with Gasteiger partial charge in [-0.15, -0.1) is 0 Å². The van der Waals surface area contributed by atoms with Gasteiger partial charge in [-0.1, -0.05) is 6.92 Å². The summed E-state index contributed by atoms with van der Waals surface area (Å²) in [6, 6.07) is 2.03. The minimum absolute atomic E-state index is 0.0339. The highest BCUT2D eigenvalue weighted by molar-refractivity contribution is 5.80. The Labute approximate surface area is 104 Å². The molecule has 2 atom stereocenters. The van der Waals surface area contributed by atoms with Crippen molar-refractivity contribution in [1.82, 2.24) is 4.90 Å². The van der Waals surface area contributed by atoms with Gasteiger partial charge in [0.15, 0.2) is 0 Å². The van der Waals surface area contributed by atoms with Crippen LogP contribution in [0.5, 0.6) is 0 Å². The number of likely N-dealkylation sites (tertiary alicyclic amines) is 1. The number of hydrogen-bond acceptors (Lipinski definition) is 5. The first-order valence-corrected chi connectivity index (χ1v) is 5.83. The van der Waals surface area contributed by atoms with Crippen LogP contribution < -0.4 is 5.73 Å². The molecule has 1 amide bonds. The molecule has 0 saturated carbocycles. The maximum Gasteiger partial charge on any atom is 0.433 e. The van der Waals surface area contributed by atoms with Crippen LogP contribution in [0.3, 0.4) is 0 Å². The molecule has 0 aromatic carbocycles. The largest absolute Gasteiger partial charge is 0.433 e. The van der Waals surface area contributed by atoms with Crippen molar-refractivity contribution in [2.45, 2.75) is 31.8 Å². The topological polar surface area (TPSA) is 103 Å². The molecule has 2 unspecified atom stereocenters. The molecule has 1 aromatic rings. The molecule has 0 bridgehead atoms. The van der Waals surface area contributed by atoms with Crippen LogP contribution in [-0.4, -0.2) is 28.3 Å². The molecule has 2 N–H and O–H groups in total. The molecule has 1 aliphatic heterocycles. The third-order valence-corrected chi connectivity index (χ3v) is 3.02. The Morgan fingerprint density at radius 2 is 2.33 bits per heavy atom. The van der Waals surface area contributed by atoms with Gasteiger partial charge in [-0.25, -0.2) is 0 Å². The van der Waals surface area contributed by atoms with Crippen LogP contribution in [0.1, 0.15) is 31.6 Å². The van der Waals surface area contributed by atoms with Crippen LogP contribution >= 0.6 is 0 Å². The van der Waals surface area contributed by atoms with Crippen molar-refractivity contribution in [2.75, 3.05) is 6.54 Å². The minimum Gasteiger partial charge on any atom is -0.404 e. The van der Waals surface area contributed by atoms with E-state index in [1.807, 2.05) is 6.92 Å². The van der Waals surface area contributed by atoms with Crippen molar-refractivity contribution < 1.29 is 14.1 Å². The minimum atomic E-state index is -0.601. The smallest absolute Gasteiger partial charge is 0.404 e. The van der Waals surface area contributed by atoms with Gasteiger partial charge >= 0.3 is 5.88 Å². The van der Waals surface area contributed by atoms with E-state index in [9.17, 15) is 14.9 Å². The molecule has 1 aliphatic rings. The second kappa shape index (κ2) is 4.77. The van der Waals surface area contributed by atoms with E-state index in [1.165, 1.54) is 12.1 Å². The third-order valence-electron chi connectivity index (χ3n) is 3.02. The van der Waals surface area contributed by atoms with E-state index >= 15 is 0 Å². The van der Waals surface area contributed by atoms with Gasteiger partial charge in [0.05, 0.1) is 6.07 Å². The van der Waals surface area contributed by atoms with E-state index < -0.39 is 11.0 Å². The van der Waals surface area contributed by atoms with E-state index in [4.69, 9.17) is 10.2 Å². The molecule has 1 aromatic heterocycles. The summed E-state index contributed by atoms with van der Waals surface area (Å²) in [5, 5.41) is 10.6. The Balaban J connectivity index is 2.28. The van der Waals surface area contributed by atoms with Crippen LogP contribution in [-0.2, 0) is 4.79 Å². The van der Waals surface area contributed by atoms with Crippen LogP contribution in [0.2, 0.25) is 0 Å². The molecule has 0 radical (unpaired) electrons. The van der Waals surface area contributed by atoms with Gasteiger partial charge in [0.1, 0.15) is 16.7 Å². The van der Waals surface area contributed by atoms with Gasteiger partial charge < -0.3 is 15.1 Å². The van der Waals surface area contributed by atoms with Crippen molar-refractivity contribution in [3.05, 3.63) is 28.0 Å². The summed E-state index contributed by atoms with van der Waals surface area (Å²) in [4.78, 5) is 23.4. The normalized spacial score (nSPS) is 23.7. The third kappa shape index (κ3) is 2.08. The summed E-state index contributed by atoms with van der Waals surface area (Å²) in [6.07, 6.45) is 1.05. The second-order valence-corrected chi connectivity index (χ2v) is 4.33. The van der Waals surface area contributed by atoms with Crippen molar-refractivity contribution in [2.24, 2.45) is 5.73 Å². The highest BCUT2D eigenvalue weighted by Gasteiger charge is 2.40. The second-order valence-electron chi connectivity index (χ2n) is 4.33. The van der Waals surface area contributed by atoms with Gasteiger partial charge in [-0.05, 0) is 12.5 Å². The highest BCUT2D eigenvalue weighted by atomic mass is 16.6. The highest BCUT2D eigenvalue weighted by Crippen LogP contribution is 2.34. The molecule has 98 valence electrons. The fourth-order valence-electron chi connectivity index (χ4n) is 2.29. The number of rotatable bonds is 4. The Hall–Kier alpha value is -1.89. The quantitative estimate of drug-likeness (QED) is 0.641. The molecular weight excluding hydrogens is 238 g/mol. The Morgan fingerprint density at radius 3 is 2.89 bits per heavy atom. The molecule has 7 nitrogen and oxygen atoms in total. The van der Waals surface area contributed by atoms with Crippen LogP contribution in [0.25, 0.3) is 0 Å². The first-order chi connectivity index (χ1) is 8.54. The number of hydrogen-bond donors (Lipinski definition) is 1. The van der Waals surface area contributed by atoms with Crippen molar-refractivity contribution in [1.29, 1.82) is 0 Å². The van der Waals surface area contributed by atoms with E-state index in [2.05, 4.69) is 0 Å². The number of amides is 1. The SMILES string of the molecule is CCCN1C(=O)CC(N)C1c1ccc([N+](=O)[O-])o1. The molecule has 7 heteroatoms. The molecule has 1 fully saturated rings. The Bertz CT molecular complexity index is 471. The fourth-order valence-corrected chi connectivity index (χ4v) is 2.29. The van der Waals surface area contributed by atoms with Gasteiger partial charge in [0.25, 0.3) is 0 Å². The first kappa shape index (κ1) is 12.6. The molecule has 0 spiro atoms. The number of furan rings is 1. The summed E-state index contributed by atoms with van der Waals surface area (Å²) in [5.74, 6) is 0.0231. The monoisotopic (exact) mass is 253 g/mol. The standard InChI is InChI=1S/C11H15N3O4/c1-2-5-13-9(15)6-7(12)11(13)8-3-4-10(18-8)14(16)17/h3-4,7,11H,2,5-6,12H2,1H3. The van der Waals surface area contributed by atoms with Crippen molar-refractivity contribution >= 4 is 11.8 Å². The number of nitrogens with two attached hydrogens (primary N) is 1. The van der Waals surface area contributed by atoms with Gasteiger partial charge in [0, 0.05) is 19.0 Å². The lowest BCUT2D eigenvalue weighted by atomic mass is 10.1. The summed E-state index contributed by atoms with van der Waals surface area (Å²) < 4.78 is 5.15. The molecular formula is C11H15N3O4. The van der Waals surface area contributed by atoms with Crippen LogP contribution in [0, 0.1) is 10.1 Å². The van der Waals surface area contributed by atoms with Gasteiger partial charge in [-0.3, -0.25) is 14.9 Å². The van der Waals surface area contributed by atoms with Crippen molar-refractivity contribution in [3.8, 4) is 0 Å². The average molecular weight is 253 g/mol. The van der Waals surface area contributed by atoms with E-state index in [0.29, 0.717) is 12.3 Å². The number of carbonyl (C=O) groups is 1. The number of carbonyl (C=O) groups excluding carboxylic acids is 1. The lowest BCUT2D eigenvalue weighted by Crippen LogP contribution is -2.33.